The van der Waals surface area contributed by atoms with Crippen LogP contribution in [0.5, 0.6) is 0 Å². The Morgan fingerprint density at radius 2 is 1.83 bits per heavy atom. The number of likely N-dealkylation sites (tertiary alicyclic amines) is 1. The van der Waals surface area contributed by atoms with Crippen LogP contribution in [0.2, 0.25) is 0 Å². The number of aryl methyl sites for hydroxylation is 1. The number of alkyl halides is 2. The summed E-state index contributed by atoms with van der Waals surface area (Å²) < 4.78 is 42.9. The number of nitrogens with zero attached hydrogens (tertiary/aromatic N) is 4. The van der Waals surface area contributed by atoms with Crippen LogP contribution in [0, 0.1) is 12.7 Å². The van der Waals surface area contributed by atoms with Gasteiger partial charge in [0.05, 0.1) is 19.6 Å². The molecule has 1 amide bonds. The molecule has 2 aromatic carbocycles. The number of benzene rings is 2. The summed E-state index contributed by atoms with van der Waals surface area (Å²) in [6.07, 6.45) is 3.61. The number of piperidine rings is 1. The lowest BCUT2D eigenvalue weighted by Gasteiger charge is -2.33. The number of aromatic nitrogens is 2. The minimum atomic E-state index is -2.76. The molecule has 182 valence electrons. The molecule has 3 aromatic rings. The van der Waals surface area contributed by atoms with Crippen LogP contribution in [0.15, 0.2) is 54.7 Å². The second-order valence-corrected chi connectivity index (χ2v) is 9.08. The number of nitrogens with one attached hydrogen (secondary N) is 1. The molecular formula is C26H26F3N5O. The SMILES string of the molecule is Cc1ccc(Nc2c(-c3ccc(F)cc3)nc3n2C=CN(C(=O)CN2CCCC(F)(F)C2)C3)cc1. The molecule has 0 aliphatic carbocycles. The van der Waals surface area contributed by atoms with Crippen LogP contribution in [0.3, 0.4) is 0 Å². The third-order valence-corrected chi connectivity index (χ3v) is 6.27. The molecule has 35 heavy (non-hydrogen) atoms. The molecule has 9 heteroatoms. The summed E-state index contributed by atoms with van der Waals surface area (Å²) in [6, 6.07) is 14.0. The van der Waals surface area contributed by atoms with Crippen LogP contribution in [0.25, 0.3) is 17.5 Å². The molecule has 3 heterocycles. The number of hydrogen-bond acceptors (Lipinski definition) is 4. The fourth-order valence-corrected chi connectivity index (χ4v) is 4.44. The van der Waals surface area contributed by atoms with E-state index >= 15 is 0 Å². The highest BCUT2D eigenvalue weighted by molar-refractivity contribution is 5.82. The van der Waals surface area contributed by atoms with Crippen molar-refractivity contribution in [3.05, 3.63) is 71.9 Å². The maximum atomic E-state index is 13.8. The summed E-state index contributed by atoms with van der Waals surface area (Å²) in [6.45, 7) is 2.22. The van der Waals surface area contributed by atoms with Crippen LogP contribution in [0.1, 0.15) is 24.2 Å². The number of halogens is 3. The van der Waals surface area contributed by atoms with E-state index in [0.29, 0.717) is 30.3 Å². The van der Waals surface area contributed by atoms with Gasteiger partial charge in [-0.2, -0.15) is 0 Å². The van der Waals surface area contributed by atoms with Crippen LogP contribution in [-0.4, -0.2) is 50.8 Å². The van der Waals surface area contributed by atoms with Crippen LogP contribution in [-0.2, 0) is 11.3 Å². The van der Waals surface area contributed by atoms with Crippen molar-refractivity contribution in [2.75, 3.05) is 25.0 Å². The third-order valence-electron chi connectivity index (χ3n) is 6.27. The van der Waals surface area contributed by atoms with Gasteiger partial charge in [-0.1, -0.05) is 17.7 Å². The van der Waals surface area contributed by atoms with Crippen molar-refractivity contribution >= 4 is 23.6 Å². The maximum absolute atomic E-state index is 13.8. The fourth-order valence-electron chi connectivity index (χ4n) is 4.44. The average Bonchev–Trinajstić information content (AvgIpc) is 3.18. The first-order valence-corrected chi connectivity index (χ1v) is 11.6. The van der Waals surface area contributed by atoms with Gasteiger partial charge in [-0.15, -0.1) is 0 Å². The molecule has 5 rings (SSSR count). The molecule has 0 bridgehead atoms. The molecule has 0 saturated carbocycles. The van der Waals surface area contributed by atoms with E-state index in [0.717, 1.165) is 16.8 Å². The van der Waals surface area contributed by atoms with Crippen LogP contribution in [0.4, 0.5) is 24.7 Å². The first-order valence-electron chi connectivity index (χ1n) is 11.6. The Bertz CT molecular complexity index is 1250. The van der Waals surface area contributed by atoms with E-state index in [2.05, 4.69) is 5.32 Å². The van der Waals surface area contributed by atoms with Crippen molar-refractivity contribution in [2.24, 2.45) is 0 Å². The van der Waals surface area contributed by atoms with Gasteiger partial charge in [0, 0.05) is 30.1 Å². The zero-order valence-electron chi connectivity index (χ0n) is 19.3. The molecule has 0 radical (unpaired) electrons. The Labute approximate surface area is 201 Å². The Hall–Kier alpha value is -3.59. The minimum absolute atomic E-state index is 0.0695. The number of carbonyl (C=O) groups is 1. The summed E-state index contributed by atoms with van der Waals surface area (Å²) in [5.41, 5.74) is 3.34. The first kappa shape index (κ1) is 23.2. The van der Waals surface area contributed by atoms with E-state index in [1.165, 1.54) is 21.9 Å². The summed E-state index contributed by atoms with van der Waals surface area (Å²) in [7, 11) is 0. The quantitative estimate of drug-likeness (QED) is 0.541. The van der Waals surface area contributed by atoms with E-state index in [1.54, 1.807) is 24.5 Å². The van der Waals surface area contributed by atoms with Crippen molar-refractivity contribution in [3.8, 4) is 11.3 Å². The maximum Gasteiger partial charge on any atom is 0.260 e. The third kappa shape index (κ3) is 5.09. The first-order chi connectivity index (χ1) is 16.8. The van der Waals surface area contributed by atoms with E-state index in [9.17, 15) is 18.0 Å². The number of hydrogen-bond donors (Lipinski definition) is 1. The molecular weight excluding hydrogens is 455 g/mol. The summed E-state index contributed by atoms with van der Waals surface area (Å²) in [5.74, 6) is -2.06. The van der Waals surface area contributed by atoms with Gasteiger partial charge in [0.25, 0.3) is 5.92 Å². The van der Waals surface area contributed by atoms with E-state index in [1.807, 2.05) is 35.8 Å². The zero-order chi connectivity index (χ0) is 24.6. The molecule has 2 aliphatic rings. The highest BCUT2D eigenvalue weighted by Crippen LogP contribution is 2.34. The number of imidazole rings is 1. The molecule has 0 atom stereocenters. The topological polar surface area (TPSA) is 53.4 Å². The lowest BCUT2D eigenvalue weighted by Crippen LogP contribution is -2.47. The van der Waals surface area contributed by atoms with Gasteiger partial charge in [0.1, 0.15) is 23.2 Å². The van der Waals surface area contributed by atoms with E-state index in [4.69, 9.17) is 4.98 Å². The highest BCUT2D eigenvalue weighted by atomic mass is 19.3. The average molecular weight is 482 g/mol. The van der Waals surface area contributed by atoms with Crippen LogP contribution < -0.4 is 5.32 Å². The lowest BCUT2D eigenvalue weighted by molar-refractivity contribution is -0.133. The second kappa shape index (κ2) is 9.22. The predicted octanol–water partition coefficient (Wildman–Crippen LogP) is 5.24. The molecule has 6 nitrogen and oxygen atoms in total. The number of carbonyl (C=O) groups excluding carboxylic acids is 1. The zero-order valence-corrected chi connectivity index (χ0v) is 19.3. The number of anilines is 2. The van der Waals surface area contributed by atoms with Gasteiger partial charge in [-0.05, 0) is 56.3 Å². The van der Waals surface area contributed by atoms with Gasteiger partial charge in [0.2, 0.25) is 5.91 Å². The smallest absolute Gasteiger partial charge is 0.260 e. The molecule has 0 spiro atoms. The molecule has 1 aromatic heterocycles. The second-order valence-electron chi connectivity index (χ2n) is 9.08. The summed E-state index contributed by atoms with van der Waals surface area (Å²) in [5, 5.41) is 3.40. The molecule has 1 saturated heterocycles. The minimum Gasteiger partial charge on any atom is -0.339 e. The highest BCUT2D eigenvalue weighted by Gasteiger charge is 2.36. The van der Waals surface area contributed by atoms with Crippen molar-refractivity contribution in [1.29, 1.82) is 0 Å². The summed E-state index contributed by atoms with van der Waals surface area (Å²) in [4.78, 5) is 20.7. The van der Waals surface area contributed by atoms with E-state index in [-0.39, 0.29) is 31.2 Å². The standard InChI is InChI=1S/C26H26F3N5O/c1-18-3-9-21(10-4-18)30-25-24(19-5-7-20(27)8-6-19)31-22-15-33(13-14-34(22)25)23(35)16-32-12-2-11-26(28,29)17-32/h3-10,13-14,30H,2,11-12,15-17H2,1H3. The number of fused-ring (bicyclic) bond motifs is 1. The van der Waals surface area contributed by atoms with Gasteiger partial charge >= 0.3 is 0 Å². The van der Waals surface area contributed by atoms with Crippen molar-refractivity contribution in [1.82, 2.24) is 19.4 Å². The molecule has 1 N–H and O–H groups in total. The normalized spacial score (nSPS) is 17.3. The van der Waals surface area contributed by atoms with Gasteiger partial charge in [-0.25, -0.2) is 18.2 Å². The Balaban J connectivity index is 1.41. The Morgan fingerprint density at radius 1 is 1.09 bits per heavy atom. The monoisotopic (exact) mass is 481 g/mol. The van der Waals surface area contributed by atoms with Crippen molar-refractivity contribution in [3.63, 3.8) is 0 Å². The van der Waals surface area contributed by atoms with Gasteiger partial charge in [-0.3, -0.25) is 14.3 Å². The van der Waals surface area contributed by atoms with Gasteiger partial charge < -0.3 is 10.2 Å². The molecule has 1 fully saturated rings. The van der Waals surface area contributed by atoms with E-state index < -0.39 is 12.5 Å². The van der Waals surface area contributed by atoms with Crippen molar-refractivity contribution < 1.29 is 18.0 Å². The predicted molar refractivity (Wildman–Crippen MR) is 129 cm³/mol. The fraction of sp³-hybridized carbons (Fsp3) is 0.308. The molecule has 2 aliphatic heterocycles. The van der Waals surface area contributed by atoms with Gasteiger partial charge in [0.15, 0.2) is 0 Å². The Kier molecular flexibility index (Phi) is 6.10. The Morgan fingerprint density at radius 3 is 2.54 bits per heavy atom. The number of amides is 1. The summed E-state index contributed by atoms with van der Waals surface area (Å²) >= 11 is 0. The lowest BCUT2D eigenvalue weighted by atomic mass is 10.1. The van der Waals surface area contributed by atoms with Crippen LogP contribution >= 0.6 is 0 Å². The molecule has 0 unspecified atom stereocenters. The largest absolute Gasteiger partial charge is 0.339 e. The number of rotatable bonds is 5. The van der Waals surface area contributed by atoms with Crippen molar-refractivity contribution in [2.45, 2.75) is 32.2 Å².